The molecule has 1 aliphatic rings. The molecule has 0 saturated heterocycles. The molecule has 0 aromatic rings. The molecule has 0 aromatic carbocycles. The van der Waals surface area contributed by atoms with E-state index in [1.807, 2.05) is 20.9 Å². The molecule has 2 N–H and O–H groups in total. The quantitative estimate of drug-likeness (QED) is 0.699. The van der Waals surface area contributed by atoms with Gasteiger partial charge in [0, 0.05) is 13.1 Å². The second kappa shape index (κ2) is 3.66. The molecule has 1 amide bonds. The second-order valence-corrected chi connectivity index (χ2v) is 4.37. The molecule has 76 valence electrons. The molecule has 1 rings (SSSR count). The van der Waals surface area contributed by atoms with Gasteiger partial charge in [-0.3, -0.25) is 4.79 Å². The monoisotopic (exact) mass is 184 g/mol. The van der Waals surface area contributed by atoms with Crippen LogP contribution in [0, 0.1) is 0 Å². The van der Waals surface area contributed by atoms with Crippen molar-refractivity contribution in [1.82, 2.24) is 4.90 Å². The van der Waals surface area contributed by atoms with Crippen LogP contribution >= 0.6 is 0 Å². The normalized spacial score (nSPS) is 20.7. The van der Waals surface area contributed by atoms with Crippen LogP contribution in [0.15, 0.2) is 0 Å². The molecule has 0 aliphatic heterocycles. The Bertz CT molecular complexity index is 195. The number of likely N-dealkylation sites (N-methyl/N-ethyl adjacent to an activating group) is 1. The first-order valence-corrected chi connectivity index (χ1v) is 5.03. The van der Waals surface area contributed by atoms with Crippen molar-refractivity contribution in [3.8, 4) is 0 Å². The molecule has 0 atom stereocenters. The van der Waals surface area contributed by atoms with Crippen LogP contribution in [-0.2, 0) is 4.79 Å². The van der Waals surface area contributed by atoms with E-state index in [1.54, 1.807) is 4.90 Å². The molecule has 0 spiro atoms. The van der Waals surface area contributed by atoms with Crippen LogP contribution in [-0.4, -0.2) is 29.4 Å². The predicted molar refractivity (Wildman–Crippen MR) is 53.3 cm³/mol. The van der Waals surface area contributed by atoms with E-state index in [1.165, 1.54) is 0 Å². The topological polar surface area (TPSA) is 46.3 Å². The van der Waals surface area contributed by atoms with Crippen LogP contribution in [0.25, 0.3) is 0 Å². The summed E-state index contributed by atoms with van der Waals surface area (Å²) in [4.78, 5) is 13.7. The van der Waals surface area contributed by atoms with Gasteiger partial charge in [-0.15, -0.1) is 0 Å². The highest BCUT2D eigenvalue weighted by Crippen LogP contribution is 2.29. The Morgan fingerprint density at radius 2 is 1.85 bits per heavy atom. The van der Waals surface area contributed by atoms with Crippen molar-refractivity contribution in [1.29, 1.82) is 0 Å². The summed E-state index contributed by atoms with van der Waals surface area (Å²) >= 11 is 0. The van der Waals surface area contributed by atoms with Gasteiger partial charge in [-0.1, -0.05) is 12.8 Å². The third kappa shape index (κ3) is 2.02. The first-order chi connectivity index (χ1) is 5.97. The van der Waals surface area contributed by atoms with Gasteiger partial charge in [-0.25, -0.2) is 0 Å². The number of nitrogens with zero attached hydrogens (tertiary/aromatic N) is 1. The van der Waals surface area contributed by atoms with E-state index < -0.39 is 5.54 Å². The summed E-state index contributed by atoms with van der Waals surface area (Å²) in [6, 6.07) is 0.244. The Hall–Kier alpha value is -0.570. The van der Waals surface area contributed by atoms with E-state index in [0.29, 0.717) is 0 Å². The first kappa shape index (κ1) is 10.5. The zero-order chi connectivity index (χ0) is 10.1. The number of hydrogen-bond donors (Lipinski definition) is 1. The van der Waals surface area contributed by atoms with Gasteiger partial charge in [0.25, 0.3) is 0 Å². The molecule has 1 saturated carbocycles. The van der Waals surface area contributed by atoms with Gasteiger partial charge in [-0.05, 0) is 26.7 Å². The highest BCUT2D eigenvalue weighted by molar-refractivity contribution is 5.86. The first-order valence-electron chi connectivity index (χ1n) is 5.03. The Morgan fingerprint density at radius 3 is 2.23 bits per heavy atom. The lowest BCUT2D eigenvalue weighted by atomic mass is 9.97. The minimum absolute atomic E-state index is 0.111. The number of amides is 1. The van der Waals surface area contributed by atoms with Crippen LogP contribution in [0.1, 0.15) is 39.5 Å². The van der Waals surface area contributed by atoms with E-state index in [9.17, 15) is 4.79 Å². The maximum atomic E-state index is 11.9. The van der Waals surface area contributed by atoms with Crippen molar-refractivity contribution >= 4 is 5.91 Å². The number of rotatable bonds is 2. The molecule has 1 fully saturated rings. The summed E-state index contributed by atoms with van der Waals surface area (Å²) in [7, 11) is 1.83. The van der Waals surface area contributed by atoms with Gasteiger partial charge in [0.15, 0.2) is 0 Å². The fourth-order valence-electron chi connectivity index (χ4n) is 1.81. The van der Waals surface area contributed by atoms with Crippen molar-refractivity contribution < 1.29 is 4.79 Å². The lowest BCUT2D eigenvalue weighted by molar-refractivity contribution is -0.137. The minimum Gasteiger partial charge on any atom is -0.342 e. The molecule has 3 heteroatoms. The Labute approximate surface area is 80.3 Å². The van der Waals surface area contributed by atoms with E-state index in [-0.39, 0.29) is 11.9 Å². The average Bonchev–Trinajstić information content (AvgIpc) is 2.50. The fourth-order valence-corrected chi connectivity index (χ4v) is 1.81. The Morgan fingerprint density at radius 1 is 1.38 bits per heavy atom. The van der Waals surface area contributed by atoms with E-state index in [0.717, 1.165) is 25.7 Å². The van der Waals surface area contributed by atoms with Crippen molar-refractivity contribution in [2.24, 2.45) is 5.73 Å². The zero-order valence-corrected chi connectivity index (χ0v) is 8.84. The molecule has 0 bridgehead atoms. The van der Waals surface area contributed by atoms with E-state index in [2.05, 4.69) is 0 Å². The molecule has 3 nitrogen and oxygen atoms in total. The van der Waals surface area contributed by atoms with Crippen molar-refractivity contribution in [2.45, 2.75) is 51.1 Å². The van der Waals surface area contributed by atoms with Crippen molar-refractivity contribution in [3.63, 3.8) is 0 Å². The van der Waals surface area contributed by atoms with Crippen LogP contribution in [0.4, 0.5) is 0 Å². The third-order valence-corrected chi connectivity index (χ3v) is 3.02. The molecule has 0 unspecified atom stereocenters. The SMILES string of the molecule is CC(C)N(C)C(=O)C1(N)CCCC1. The second-order valence-electron chi connectivity index (χ2n) is 4.37. The number of carbonyl (C=O) groups is 1. The maximum Gasteiger partial charge on any atom is 0.242 e. The summed E-state index contributed by atoms with van der Waals surface area (Å²) in [6.07, 6.45) is 3.88. The highest BCUT2D eigenvalue weighted by atomic mass is 16.2. The fraction of sp³-hybridized carbons (Fsp3) is 0.900. The van der Waals surface area contributed by atoms with Gasteiger partial charge in [-0.2, -0.15) is 0 Å². The molecule has 0 heterocycles. The van der Waals surface area contributed by atoms with Crippen LogP contribution < -0.4 is 5.73 Å². The van der Waals surface area contributed by atoms with Gasteiger partial charge in [0.2, 0.25) is 5.91 Å². The Balaban J connectivity index is 2.65. The third-order valence-electron chi connectivity index (χ3n) is 3.02. The van der Waals surface area contributed by atoms with Crippen LogP contribution in [0.2, 0.25) is 0 Å². The van der Waals surface area contributed by atoms with Gasteiger partial charge in [0.1, 0.15) is 0 Å². The van der Waals surface area contributed by atoms with E-state index >= 15 is 0 Å². The number of carbonyl (C=O) groups excluding carboxylic acids is 1. The lowest BCUT2D eigenvalue weighted by Crippen LogP contribution is -2.54. The molecule has 13 heavy (non-hydrogen) atoms. The molecular weight excluding hydrogens is 164 g/mol. The average molecular weight is 184 g/mol. The Kier molecular flexibility index (Phi) is 2.96. The van der Waals surface area contributed by atoms with E-state index in [4.69, 9.17) is 5.73 Å². The standard InChI is InChI=1S/C10H20N2O/c1-8(2)12(3)9(13)10(11)6-4-5-7-10/h8H,4-7,11H2,1-3H3. The zero-order valence-electron chi connectivity index (χ0n) is 8.84. The number of hydrogen-bond acceptors (Lipinski definition) is 2. The summed E-state index contributed by atoms with van der Waals surface area (Å²) in [5, 5.41) is 0. The number of nitrogens with two attached hydrogens (primary N) is 1. The largest absolute Gasteiger partial charge is 0.342 e. The van der Waals surface area contributed by atoms with Crippen molar-refractivity contribution in [2.75, 3.05) is 7.05 Å². The minimum atomic E-state index is -0.557. The predicted octanol–water partition coefficient (Wildman–Crippen LogP) is 1.12. The molecule has 0 radical (unpaired) electrons. The molecule has 1 aliphatic carbocycles. The lowest BCUT2D eigenvalue weighted by Gasteiger charge is -2.31. The maximum absolute atomic E-state index is 11.9. The molecule has 0 aromatic heterocycles. The summed E-state index contributed by atoms with van der Waals surface area (Å²) in [6.45, 7) is 4.02. The smallest absolute Gasteiger partial charge is 0.242 e. The summed E-state index contributed by atoms with van der Waals surface area (Å²) in [5.41, 5.74) is 5.49. The van der Waals surface area contributed by atoms with Crippen LogP contribution in [0.5, 0.6) is 0 Å². The van der Waals surface area contributed by atoms with Gasteiger partial charge < -0.3 is 10.6 Å². The summed E-state index contributed by atoms with van der Waals surface area (Å²) < 4.78 is 0. The van der Waals surface area contributed by atoms with Gasteiger partial charge >= 0.3 is 0 Å². The molecular formula is C10H20N2O. The van der Waals surface area contributed by atoms with Crippen molar-refractivity contribution in [3.05, 3.63) is 0 Å². The van der Waals surface area contributed by atoms with Gasteiger partial charge in [0.05, 0.1) is 5.54 Å². The highest BCUT2D eigenvalue weighted by Gasteiger charge is 2.39. The summed E-state index contributed by atoms with van der Waals surface area (Å²) in [5.74, 6) is 0.111. The van der Waals surface area contributed by atoms with Crippen LogP contribution in [0.3, 0.4) is 0 Å².